The summed E-state index contributed by atoms with van der Waals surface area (Å²) < 4.78 is 16.0. The SMILES string of the molecule is C=CCOc1ccc(NC(=S)NCCc2ccc(OC)c(OC)c2)cc1. The van der Waals surface area contributed by atoms with E-state index in [4.69, 9.17) is 26.4 Å². The molecule has 0 aromatic heterocycles. The van der Waals surface area contributed by atoms with Crippen molar-refractivity contribution < 1.29 is 14.2 Å². The van der Waals surface area contributed by atoms with Crippen LogP contribution in [0.3, 0.4) is 0 Å². The summed E-state index contributed by atoms with van der Waals surface area (Å²) in [5.41, 5.74) is 2.04. The number of hydrogen-bond acceptors (Lipinski definition) is 4. The zero-order valence-electron chi connectivity index (χ0n) is 15.1. The van der Waals surface area contributed by atoms with E-state index in [1.807, 2.05) is 42.5 Å². The number of anilines is 1. The summed E-state index contributed by atoms with van der Waals surface area (Å²) in [6.45, 7) is 4.82. The molecule has 2 aromatic carbocycles. The smallest absolute Gasteiger partial charge is 0.170 e. The van der Waals surface area contributed by atoms with Gasteiger partial charge >= 0.3 is 0 Å². The van der Waals surface area contributed by atoms with E-state index in [0.717, 1.165) is 34.9 Å². The van der Waals surface area contributed by atoms with Gasteiger partial charge in [0.15, 0.2) is 16.6 Å². The van der Waals surface area contributed by atoms with Gasteiger partial charge in [0.2, 0.25) is 0 Å². The first-order chi connectivity index (χ1) is 12.7. The standard InChI is InChI=1S/C20H24N2O3S/c1-4-13-25-17-8-6-16(7-9-17)22-20(26)21-12-11-15-5-10-18(23-2)19(14-15)24-3/h4-10,14H,1,11-13H2,2-3H3,(H2,21,22,26). The first-order valence-corrected chi connectivity index (χ1v) is 8.66. The van der Waals surface area contributed by atoms with Gasteiger partial charge in [0, 0.05) is 12.2 Å². The van der Waals surface area contributed by atoms with Gasteiger partial charge in [0.05, 0.1) is 14.2 Å². The summed E-state index contributed by atoms with van der Waals surface area (Å²) in [7, 11) is 3.26. The molecule has 6 heteroatoms. The first kappa shape index (κ1) is 19.6. The van der Waals surface area contributed by atoms with Crippen molar-refractivity contribution in [2.24, 2.45) is 0 Å². The largest absolute Gasteiger partial charge is 0.493 e. The van der Waals surface area contributed by atoms with Gasteiger partial charge in [-0.05, 0) is 60.6 Å². The maximum atomic E-state index is 5.45. The molecule has 0 saturated carbocycles. The lowest BCUT2D eigenvalue weighted by molar-refractivity contribution is 0.354. The molecule has 2 aromatic rings. The van der Waals surface area contributed by atoms with Crippen LogP contribution in [0.25, 0.3) is 0 Å². The van der Waals surface area contributed by atoms with Crippen molar-refractivity contribution in [2.75, 3.05) is 32.7 Å². The van der Waals surface area contributed by atoms with Crippen LogP contribution in [0.4, 0.5) is 5.69 Å². The lowest BCUT2D eigenvalue weighted by atomic mass is 10.1. The summed E-state index contributed by atoms with van der Waals surface area (Å²) in [6, 6.07) is 13.5. The third kappa shape index (κ3) is 5.97. The molecule has 0 aliphatic heterocycles. The zero-order chi connectivity index (χ0) is 18.8. The van der Waals surface area contributed by atoms with Crippen molar-refractivity contribution in [2.45, 2.75) is 6.42 Å². The van der Waals surface area contributed by atoms with Crippen molar-refractivity contribution in [1.82, 2.24) is 5.32 Å². The Hall–Kier alpha value is -2.73. The number of thiocarbonyl (C=S) groups is 1. The summed E-state index contributed by atoms with van der Waals surface area (Å²) >= 11 is 5.33. The van der Waals surface area contributed by atoms with Crippen molar-refractivity contribution in [3.8, 4) is 17.2 Å². The van der Waals surface area contributed by atoms with E-state index >= 15 is 0 Å². The summed E-state index contributed by atoms with van der Waals surface area (Å²) in [5, 5.41) is 6.92. The van der Waals surface area contributed by atoms with E-state index in [1.165, 1.54) is 0 Å². The fourth-order valence-electron chi connectivity index (χ4n) is 2.32. The van der Waals surface area contributed by atoms with Crippen LogP contribution < -0.4 is 24.8 Å². The van der Waals surface area contributed by atoms with Crippen LogP contribution in [0, 0.1) is 0 Å². The Morgan fingerprint density at radius 1 is 1.08 bits per heavy atom. The second kappa shape index (κ2) is 10.3. The zero-order valence-corrected chi connectivity index (χ0v) is 15.9. The molecule has 2 N–H and O–H groups in total. The van der Waals surface area contributed by atoms with Crippen molar-refractivity contribution >= 4 is 23.0 Å². The van der Waals surface area contributed by atoms with Gasteiger partial charge in [0.1, 0.15) is 12.4 Å². The van der Waals surface area contributed by atoms with Crippen LogP contribution >= 0.6 is 12.2 Å². The van der Waals surface area contributed by atoms with Gasteiger partial charge in [-0.15, -0.1) is 0 Å². The van der Waals surface area contributed by atoms with Crippen LogP contribution in [0.2, 0.25) is 0 Å². The molecule has 0 spiro atoms. The molecule has 2 rings (SSSR count). The van der Waals surface area contributed by atoms with Gasteiger partial charge in [-0.1, -0.05) is 18.7 Å². The average Bonchev–Trinajstić information content (AvgIpc) is 2.67. The highest BCUT2D eigenvalue weighted by atomic mass is 32.1. The summed E-state index contributed by atoms with van der Waals surface area (Å²) in [6.07, 6.45) is 2.53. The van der Waals surface area contributed by atoms with Gasteiger partial charge in [-0.3, -0.25) is 0 Å². The van der Waals surface area contributed by atoms with E-state index in [2.05, 4.69) is 17.2 Å². The molecule has 0 saturated heterocycles. The third-order valence-corrected chi connectivity index (χ3v) is 3.87. The topological polar surface area (TPSA) is 51.8 Å². The molecule has 5 nitrogen and oxygen atoms in total. The summed E-state index contributed by atoms with van der Waals surface area (Å²) in [4.78, 5) is 0. The van der Waals surface area contributed by atoms with Gasteiger partial charge in [0.25, 0.3) is 0 Å². The highest BCUT2D eigenvalue weighted by molar-refractivity contribution is 7.80. The molecular weight excluding hydrogens is 348 g/mol. The highest BCUT2D eigenvalue weighted by Crippen LogP contribution is 2.27. The molecule has 138 valence electrons. The number of hydrogen-bond donors (Lipinski definition) is 2. The van der Waals surface area contributed by atoms with Crippen LogP contribution in [0.5, 0.6) is 17.2 Å². The number of benzene rings is 2. The normalized spacial score (nSPS) is 9.92. The van der Waals surface area contributed by atoms with Crippen LogP contribution in [-0.4, -0.2) is 32.5 Å². The lowest BCUT2D eigenvalue weighted by Gasteiger charge is -2.12. The minimum absolute atomic E-state index is 0.489. The van der Waals surface area contributed by atoms with Gasteiger partial charge < -0.3 is 24.8 Å². The Morgan fingerprint density at radius 2 is 1.81 bits per heavy atom. The maximum absolute atomic E-state index is 5.45. The lowest BCUT2D eigenvalue weighted by Crippen LogP contribution is -2.30. The summed E-state index contributed by atoms with van der Waals surface area (Å²) in [5.74, 6) is 2.24. The van der Waals surface area contributed by atoms with Gasteiger partial charge in [-0.25, -0.2) is 0 Å². The predicted octanol–water partition coefficient (Wildman–Crippen LogP) is 3.80. The second-order valence-corrected chi connectivity index (χ2v) is 5.85. The van der Waals surface area contributed by atoms with Crippen molar-refractivity contribution in [1.29, 1.82) is 0 Å². The molecule has 0 amide bonds. The first-order valence-electron chi connectivity index (χ1n) is 8.25. The Kier molecular flexibility index (Phi) is 7.76. The molecule has 0 bridgehead atoms. The fraction of sp³-hybridized carbons (Fsp3) is 0.250. The van der Waals surface area contributed by atoms with E-state index in [1.54, 1.807) is 20.3 Å². The van der Waals surface area contributed by atoms with Crippen LogP contribution in [0.15, 0.2) is 55.1 Å². The molecule has 26 heavy (non-hydrogen) atoms. The number of ether oxygens (including phenoxy) is 3. The van der Waals surface area contributed by atoms with Crippen LogP contribution in [-0.2, 0) is 6.42 Å². The molecular formula is C20H24N2O3S. The molecule has 0 fully saturated rings. The van der Waals surface area contributed by atoms with E-state index in [-0.39, 0.29) is 0 Å². The molecule has 0 atom stereocenters. The number of nitrogens with one attached hydrogen (secondary N) is 2. The quantitative estimate of drug-likeness (QED) is 0.516. The second-order valence-electron chi connectivity index (χ2n) is 5.44. The maximum Gasteiger partial charge on any atom is 0.170 e. The molecule has 0 heterocycles. The fourth-order valence-corrected chi connectivity index (χ4v) is 2.54. The Morgan fingerprint density at radius 3 is 2.46 bits per heavy atom. The van der Waals surface area contributed by atoms with Crippen LogP contribution in [0.1, 0.15) is 5.56 Å². The molecule has 0 radical (unpaired) electrons. The molecule has 0 unspecified atom stereocenters. The minimum Gasteiger partial charge on any atom is -0.493 e. The molecule has 0 aliphatic carbocycles. The minimum atomic E-state index is 0.489. The van der Waals surface area contributed by atoms with E-state index in [9.17, 15) is 0 Å². The van der Waals surface area contributed by atoms with Crippen molar-refractivity contribution in [3.63, 3.8) is 0 Å². The van der Waals surface area contributed by atoms with Crippen molar-refractivity contribution in [3.05, 3.63) is 60.7 Å². The Labute approximate surface area is 160 Å². The third-order valence-electron chi connectivity index (χ3n) is 3.63. The Balaban J connectivity index is 1.79. The van der Waals surface area contributed by atoms with Gasteiger partial charge in [-0.2, -0.15) is 0 Å². The predicted molar refractivity (Wildman–Crippen MR) is 110 cm³/mol. The number of methoxy groups -OCH3 is 2. The number of rotatable bonds is 9. The Bertz CT molecular complexity index is 732. The monoisotopic (exact) mass is 372 g/mol. The van der Waals surface area contributed by atoms with E-state index < -0.39 is 0 Å². The highest BCUT2D eigenvalue weighted by Gasteiger charge is 2.05. The van der Waals surface area contributed by atoms with E-state index in [0.29, 0.717) is 18.3 Å². The molecule has 0 aliphatic rings. The average molecular weight is 372 g/mol.